The van der Waals surface area contributed by atoms with E-state index in [1.807, 2.05) is 50.5 Å². The molecule has 2 aromatic rings. The smallest absolute Gasteiger partial charge is 0.121 e. The lowest BCUT2D eigenvalue weighted by atomic mass is 10.0. The van der Waals surface area contributed by atoms with Crippen LogP contribution in [0.5, 0.6) is 5.75 Å². The summed E-state index contributed by atoms with van der Waals surface area (Å²) in [5.74, 6) is 0.394. The Bertz CT molecular complexity index is 529. The molecule has 1 aromatic carbocycles. The topological polar surface area (TPSA) is 45.2 Å². The van der Waals surface area contributed by atoms with Crippen molar-refractivity contribution in [2.45, 2.75) is 33.4 Å². The molecule has 0 saturated carbocycles. The van der Waals surface area contributed by atoms with Crippen molar-refractivity contribution >= 4 is 0 Å². The van der Waals surface area contributed by atoms with Gasteiger partial charge in [0.2, 0.25) is 0 Å². The van der Waals surface area contributed by atoms with E-state index >= 15 is 0 Å². The summed E-state index contributed by atoms with van der Waals surface area (Å²) in [6.07, 6.45) is 3.62. The Kier molecular flexibility index (Phi) is 4.17. The van der Waals surface area contributed by atoms with E-state index in [1.54, 1.807) is 0 Å². The molecule has 0 aliphatic carbocycles. The molecule has 1 unspecified atom stereocenters. The third-order valence-corrected chi connectivity index (χ3v) is 3.37. The van der Waals surface area contributed by atoms with Crippen molar-refractivity contribution in [1.29, 1.82) is 0 Å². The van der Waals surface area contributed by atoms with E-state index < -0.39 is 0 Å². The fourth-order valence-corrected chi connectivity index (χ4v) is 2.19. The summed E-state index contributed by atoms with van der Waals surface area (Å²) < 4.78 is 0. The lowest BCUT2D eigenvalue weighted by Crippen LogP contribution is -2.18. The molecule has 1 aromatic heterocycles. The maximum atomic E-state index is 9.76. The van der Waals surface area contributed by atoms with Gasteiger partial charge in [0.15, 0.2) is 0 Å². The van der Waals surface area contributed by atoms with Crippen molar-refractivity contribution < 1.29 is 5.11 Å². The largest absolute Gasteiger partial charge is 0.507 e. The van der Waals surface area contributed by atoms with Crippen molar-refractivity contribution in [3.05, 3.63) is 58.9 Å². The Morgan fingerprint density at radius 1 is 1.16 bits per heavy atom. The standard InChI is InChI=1S/C16H20N2O/c1-11-8-14(9-12(2)16(11)19)10-18-13(3)15-4-6-17-7-5-15/h4-9,13,18-19H,10H2,1-3H3. The summed E-state index contributed by atoms with van der Waals surface area (Å²) in [5, 5.41) is 13.2. The SMILES string of the molecule is Cc1cc(CNC(C)c2ccncc2)cc(C)c1O. The number of pyridine rings is 1. The van der Waals surface area contributed by atoms with E-state index in [0.717, 1.165) is 17.7 Å². The summed E-state index contributed by atoms with van der Waals surface area (Å²) in [6.45, 7) is 6.77. The molecule has 0 bridgehead atoms. The average Bonchev–Trinajstić information content (AvgIpc) is 2.43. The first kappa shape index (κ1) is 13.6. The molecule has 1 atom stereocenters. The highest BCUT2D eigenvalue weighted by atomic mass is 16.3. The molecular formula is C16H20N2O. The van der Waals surface area contributed by atoms with Crippen molar-refractivity contribution in [3.63, 3.8) is 0 Å². The molecule has 19 heavy (non-hydrogen) atoms. The Hall–Kier alpha value is -1.87. The zero-order valence-electron chi connectivity index (χ0n) is 11.6. The fraction of sp³-hybridized carbons (Fsp3) is 0.312. The Morgan fingerprint density at radius 2 is 1.74 bits per heavy atom. The first-order valence-corrected chi connectivity index (χ1v) is 6.50. The van der Waals surface area contributed by atoms with Crippen LogP contribution < -0.4 is 5.32 Å². The van der Waals surface area contributed by atoms with Gasteiger partial charge in [0.25, 0.3) is 0 Å². The van der Waals surface area contributed by atoms with Gasteiger partial charge in [0, 0.05) is 25.0 Å². The van der Waals surface area contributed by atoms with Gasteiger partial charge in [0.1, 0.15) is 5.75 Å². The second kappa shape index (κ2) is 5.85. The van der Waals surface area contributed by atoms with Gasteiger partial charge in [-0.1, -0.05) is 12.1 Å². The van der Waals surface area contributed by atoms with Gasteiger partial charge in [-0.25, -0.2) is 0 Å². The number of aromatic nitrogens is 1. The summed E-state index contributed by atoms with van der Waals surface area (Å²) in [7, 11) is 0. The minimum absolute atomic E-state index is 0.275. The summed E-state index contributed by atoms with van der Waals surface area (Å²) in [4.78, 5) is 4.02. The molecule has 2 rings (SSSR count). The predicted octanol–water partition coefficient (Wildman–Crippen LogP) is 3.25. The number of nitrogens with zero attached hydrogens (tertiary/aromatic N) is 1. The number of phenols is 1. The Labute approximate surface area is 114 Å². The van der Waals surface area contributed by atoms with Crippen LogP contribution in [0.4, 0.5) is 0 Å². The van der Waals surface area contributed by atoms with Crippen molar-refractivity contribution in [2.75, 3.05) is 0 Å². The van der Waals surface area contributed by atoms with Gasteiger partial charge in [0.05, 0.1) is 0 Å². The number of rotatable bonds is 4. The van der Waals surface area contributed by atoms with E-state index in [9.17, 15) is 5.11 Å². The summed E-state index contributed by atoms with van der Waals surface area (Å²) in [6, 6.07) is 8.36. The Morgan fingerprint density at radius 3 is 2.32 bits per heavy atom. The van der Waals surface area contributed by atoms with Gasteiger partial charge in [-0.05, 0) is 55.2 Å². The maximum absolute atomic E-state index is 9.76. The van der Waals surface area contributed by atoms with Crippen LogP contribution in [0.15, 0.2) is 36.7 Å². The average molecular weight is 256 g/mol. The number of hydrogen-bond acceptors (Lipinski definition) is 3. The van der Waals surface area contributed by atoms with Crippen LogP contribution >= 0.6 is 0 Å². The minimum Gasteiger partial charge on any atom is -0.507 e. The number of hydrogen-bond donors (Lipinski definition) is 2. The third kappa shape index (κ3) is 3.32. The maximum Gasteiger partial charge on any atom is 0.121 e. The minimum atomic E-state index is 0.275. The molecule has 0 radical (unpaired) electrons. The highest BCUT2D eigenvalue weighted by Crippen LogP contribution is 2.23. The zero-order valence-corrected chi connectivity index (χ0v) is 11.6. The third-order valence-electron chi connectivity index (χ3n) is 3.37. The van der Waals surface area contributed by atoms with E-state index in [2.05, 4.69) is 17.2 Å². The van der Waals surface area contributed by atoms with Crippen LogP contribution in [0.1, 0.15) is 35.2 Å². The molecule has 1 heterocycles. The predicted molar refractivity (Wildman–Crippen MR) is 77.1 cm³/mol. The quantitative estimate of drug-likeness (QED) is 0.882. The lowest BCUT2D eigenvalue weighted by Gasteiger charge is -2.15. The van der Waals surface area contributed by atoms with Crippen LogP contribution in [0, 0.1) is 13.8 Å². The molecule has 3 heteroatoms. The van der Waals surface area contributed by atoms with Crippen LogP contribution in [0.25, 0.3) is 0 Å². The van der Waals surface area contributed by atoms with E-state index in [1.165, 1.54) is 11.1 Å². The van der Waals surface area contributed by atoms with Crippen molar-refractivity contribution in [3.8, 4) is 5.75 Å². The molecule has 0 saturated heterocycles. The fourth-order valence-electron chi connectivity index (χ4n) is 2.19. The highest BCUT2D eigenvalue weighted by molar-refractivity contribution is 5.42. The molecule has 0 spiro atoms. The van der Waals surface area contributed by atoms with Gasteiger partial charge in [-0.3, -0.25) is 4.98 Å². The summed E-state index contributed by atoms with van der Waals surface area (Å²) in [5.41, 5.74) is 4.26. The number of aryl methyl sites for hydroxylation is 2. The first-order valence-electron chi connectivity index (χ1n) is 6.50. The molecular weight excluding hydrogens is 236 g/mol. The number of phenolic OH excluding ortho intramolecular Hbond substituents is 1. The molecule has 2 N–H and O–H groups in total. The monoisotopic (exact) mass is 256 g/mol. The van der Waals surface area contributed by atoms with Crippen LogP contribution in [-0.2, 0) is 6.54 Å². The molecule has 0 amide bonds. The molecule has 0 aliphatic rings. The van der Waals surface area contributed by atoms with Crippen LogP contribution in [0.2, 0.25) is 0 Å². The van der Waals surface area contributed by atoms with E-state index in [0.29, 0.717) is 5.75 Å². The second-order valence-corrected chi connectivity index (χ2v) is 4.96. The highest BCUT2D eigenvalue weighted by Gasteiger charge is 2.06. The van der Waals surface area contributed by atoms with Gasteiger partial charge >= 0.3 is 0 Å². The number of nitrogens with one attached hydrogen (secondary N) is 1. The van der Waals surface area contributed by atoms with E-state index in [4.69, 9.17) is 0 Å². The lowest BCUT2D eigenvalue weighted by molar-refractivity contribution is 0.466. The molecule has 100 valence electrons. The van der Waals surface area contributed by atoms with Gasteiger partial charge in [-0.15, -0.1) is 0 Å². The van der Waals surface area contributed by atoms with Crippen molar-refractivity contribution in [1.82, 2.24) is 10.3 Å². The molecule has 0 aliphatic heterocycles. The second-order valence-electron chi connectivity index (χ2n) is 4.96. The van der Waals surface area contributed by atoms with Crippen LogP contribution in [0.3, 0.4) is 0 Å². The number of benzene rings is 1. The first-order chi connectivity index (χ1) is 9.08. The molecule has 3 nitrogen and oxygen atoms in total. The van der Waals surface area contributed by atoms with Gasteiger partial charge < -0.3 is 10.4 Å². The number of aromatic hydroxyl groups is 1. The van der Waals surface area contributed by atoms with E-state index in [-0.39, 0.29) is 6.04 Å². The van der Waals surface area contributed by atoms with Gasteiger partial charge in [-0.2, -0.15) is 0 Å². The van der Waals surface area contributed by atoms with Crippen LogP contribution in [-0.4, -0.2) is 10.1 Å². The summed E-state index contributed by atoms with van der Waals surface area (Å²) >= 11 is 0. The van der Waals surface area contributed by atoms with Crippen molar-refractivity contribution in [2.24, 2.45) is 0 Å². The molecule has 0 fully saturated rings. The Balaban J connectivity index is 2.03. The normalized spacial score (nSPS) is 12.4. The zero-order chi connectivity index (χ0) is 13.8.